The van der Waals surface area contributed by atoms with Gasteiger partial charge >= 0.3 is 0 Å². The lowest BCUT2D eigenvalue weighted by Crippen LogP contribution is -2.52. The summed E-state index contributed by atoms with van der Waals surface area (Å²) in [5.74, 6) is -0.598. The zero-order chi connectivity index (χ0) is 33.2. The van der Waals surface area contributed by atoms with Crippen molar-refractivity contribution >= 4 is 29.0 Å². The molecule has 0 saturated carbocycles. The number of aliphatic hydroxyl groups is 1. The van der Waals surface area contributed by atoms with Gasteiger partial charge in [-0.25, -0.2) is 13.8 Å². The molecule has 4 heterocycles. The first-order valence-electron chi connectivity index (χ1n) is 16.3. The number of anilines is 3. The maximum Gasteiger partial charge on any atom is 0.274 e. The molecular weight excluding hydrogens is 604 g/mol. The highest BCUT2D eigenvalue weighted by Gasteiger charge is 2.32. The van der Waals surface area contributed by atoms with Gasteiger partial charge < -0.3 is 29.7 Å². The SMILES string of the molecule is CN(C)C(=O)/C(=C\Cc1cc(F)cc(N2CCn3c(cc4c3CCCC4)C2=O)c1CO)Nc1ccc(N2CCN(C)C(CF)C2)cn1. The van der Waals surface area contributed by atoms with Crippen LogP contribution in [0, 0.1) is 5.82 Å². The van der Waals surface area contributed by atoms with Gasteiger partial charge in [-0.3, -0.25) is 14.5 Å². The number of piperazine rings is 1. The van der Waals surface area contributed by atoms with Crippen LogP contribution in [0.15, 0.2) is 48.3 Å². The number of aryl methyl sites for hydroxylation is 1. The molecule has 1 aliphatic carbocycles. The number of allylic oxidation sites excluding steroid dienone is 1. The molecule has 6 rings (SSSR count). The number of alkyl halides is 1. The number of nitrogens with zero attached hydrogens (tertiary/aromatic N) is 6. The number of likely N-dealkylation sites (N-methyl/N-ethyl adjacent to an activating group) is 2. The van der Waals surface area contributed by atoms with Gasteiger partial charge in [0.25, 0.3) is 11.8 Å². The number of amides is 2. The van der Waals surface area contributed by atoms with E-state index in [1.54, 1.807) is 37.3 Å². The van der Waals surface area contributed by atoms with Crippen molar-refractivity contribution in [2.75, 3.05) is 69.1 Å². The van der Waals surface area contributed by atoms with E-state index in [0.29, 0.717) is 48.0 Å². The molecule has 10 nitrogen and oxygen atoms in total. The molecule has 1 saturated heterocycles. The number of aromatic nitrogens is 2. The van der Waals surface area contributed by atoms with E-state index in [9.17, 15) is 19.1 Å². The van der Waals surface area contributed by atoms with E-state index in [1.807, 2.05) is 24.1 Å². The van der Waals surface area contributed by atoms with Gasteiger partial charge in [-0.05, 0) is 80.6 Å². The van der Waals surface area contributed by atoms with Crippen LogP contribution in [0.25, 0.3) is 0 Å². The van der Waals surface area contributed by atoms with E-state index >= 15 is 4.39 Å². The summed E-state index contributed by atoms with van der Waals surface area (Å²) in [5.41, 5.74) is 5.41. The first kappa shape index (κ1) is 32.6. The topological polar surface area (TPSA) is 97.2 Å². The highest BCUT2D eigenvalue weighted by atomic mass is 19.1. The lowest BCUT2D eigenvalue weighted by atomic mass is 9.98. The van der Waals surface area contributed by atoms with E-state index < -0.39 is 19.1 Å². The van der Waals surface area contributed by atoms with Gasteiger partial charge in [0.1, 0.15) is 29.7 Å². The van der Waals surface area contributed by atoms with Gasteiger partial charge in [0.2, 0.25) is 0 Å². The van der Waals surface area contributed by atoms with Gasteiger partial charge in [0.05, 0.1) is 30.2 Å². The van der Waals surface area contributed by atoms with E-state index in [4.69, 9.17) is 0 Å². The highest BCUT2D eigenvalue weighted by Crippen LogP contribution is 2.33. The van der Waals surface area contributed by atoms with Gasteiger partial charge in [0, 0.05) is 58.1 Å². The Bertz CT molecular complexity index is 1670. The minimum absolute atomic E-state index is 0.124. The highest BCUT2D eigenvalue weighted by molar-refractivity contribution is 6.06. The Hall–Kier alpha value is -4.29. The van der Waals surface area contributed by atoms with Crippen LogP contribution in [0.3, 0.4) is 0 Å². The lowest BCUT2D eigenvalue weighted by molar-refractivity contribution is -0.124. The van der Waals surface area contributed by atoms with Crippen molar-refractivity contribution in [3.05, 3.63) is 82.2 Å². The number of hydrogen-bond acceptors (Lipinski definition) is 7. The van der Waals surface area contributed by atoms with Gasteiger partial charge in [-0.2, -0.15) is 0 Å². The molecule has 2 amide bonds. The summed E-state index contributed by atoms with van der Waals surface area (Å²) in [4.78, 5) is 38.6. The number of nitrogens with one attached hydrogen (secondary N) is 1. The number of pyridine rings is 1. The average Bonchev–Trinajstić information content (AvgIpc) is 3.46. The molecule has 12 heteroatoms. The van der Waals surface area contributed by atoms with Crippen LogP contribution in [0.1, 0.15) is 45.7 Å². The van der Waals surface area contributed by atoms with Crippen molar-refractivity contribution in [1.82, 2.24) is 19.4 Å². The molecule has 0 bridgehead atoms. The summed E-state index contributed by atoms with van der Waals surface area (Å²) in [6.45, 7) is 2.22. The second-order valence-electron chi connectivity index (χ2n) is 12.8. The quantitative estimate of drug-likeness (QED) is 0.342. The number of aliphatic hydroxyl groups excluding tert-OH is 1. The maximum atomic E-state index is 15.2. The molecule has 0 spiro atoms. The van der Waals surface area contributed by atoms with E-state index in [2.05, 4.69) is 19.8 Å². The van der Waals surface area contributed by atoms with E-state index in [1.165, 1.54) is 28.3 Å². The Labute approximate surface area is 274 Å². The minimum atomic E-state index is -0.529. The largest absolute Gasteiger partial charge is 0.392 e. The summed E-state index contributed by atoms with van der Waals surface area (Å²) < 4.78 is 30.7. The summed E-state index contributed by atoms with van der Waals surface area (Å²) in [5, 5.41) is 13.6. The Morgan fingerprint density at radius 1 is 1.13 bits per heavy atom. The number of benzene rings is 1. The van der Waals surface area contributed by atoms with Crippen molar-refractivity contribution in [3.8, 4) is 0 Å². The van der Waals surface area contributed by atoms with Crippen molar-refractivity contribution in [2.45, 2.75) is 51.3 Å². The fourth-order valence-electron chi connectivity index (χ4n) is 6.93. The average molecular weight is 648 g/mol. The smallest absolute Gasteiger partial charge is 0.274 e. The molecule has 2 aromatic heterocycles. The Morgan fingerprint density at radius 2 is 1.94 bits per heavy atom. The van der Waals surface area contributed by atoms with Crippen molar-refractivity contribution in [2.24, 2.45) is 0 Å². The standard InChI is InChI=1S/C35H43F2N7O3/c1-40(2)34(46)29(39-33-11-9-26(20-38-33)42-13-12-41(3)27(19-36)21-42)10-8-23-16-25(37)18-31(28(23)22-45)44-15-14-43-30-7-5-4-6-24(30)17-32(43)35(44)47/h9-11,16-18,20,27,45H,4-8,12-15,19,21-22H2,1-3H3,(H,38,39)/b29-10+. The monoisotopic (exact) mass is 647 g/mol. The Kier molecular flexibility index (Phi) is 9.60. The molecule has 1 fully saturated rings. The maximum absolute atomic E-state index is 15.2. The fourth-order valence-corrected chi connectivity index (χ4v) is 6.93. The molecule has 2 aliphatic heterocycles. The molecule has 1 aromatic carbocycles. The first-order valence-corrected chi connectivity index (χ1v) is 16.3. The predicted octanol–water partition coefficient (Wildman–Crippen LogP) is 3.77. The molecule has 3 aliphatic rings. The van der Waals surface area contributed by atoms with E-state index in [0.717, 1.165) is 44.5 Å². The number of carbonyl (C=O) groups excluding carboxylic acids is 2. The minimum Gasteiger partial charge on any atom is -0.392 e. The third kappa shape index (κ3) is 6.62. The molecule has 0 radical (unpaired) electrons. The number of fused-ring (bicyclic) bond motifs is 3. The van der Waals surface area contributed by atoms with Crippen LogP contribution >= 0.6 is 0 Å². The predicted molar refractivity (Wildman–Crippen MR) is 178 cm³/mol. The van der Waals surface area contributed by atoms with Crippen LogP contribution in [-0.4, -0.2) is 96.3 Å². The molecular formula is C35H43F2N7O3. The molecule has 47 heavy (non-hydrogen) atoms. The number of hydrogen-bond donors (Lipinski definition) is 2. The molecule has 250 valence electrons. The summed E-state index contributed by atoms with van der Waals surface area (Å²) >= 11 is 0. The van der Waals surface area contributed by atoms with E-state index in [-0.39, 0.29) is 30.0 Å². The summed E-state index contributed by atoms with van der Waals surface area (Å²) in [6, 6.07) is 8.10. The summed E-state index contributed by atoms with van der Waals surface area (Å²) in [7, 11) is 5.20. The third-order valence-corrected chi connectivity index (χ3v) is 9.65. The first-order chi connectivity index (χ1) is 22.7. The van der Waals surface area contributed by atoms with Crippen LogP contribution < -0.4 is 15.1 Å². The molecule has 1 unspecified atom stereocenters. The van der Waals surface area contributed by atoms with Crippen LogP contribution in [0.4, 0.5) is 26.0 Å². The zero-order valence-electron chi connectivity index (χ0n) is 27.3. The Morgan fingerprint density at radius 3 is 2.66 bits per heavy atom. The number of carbonyl (C=O) groups is 2. The van der Waals surface area contributed by atoms with Crippen LogP contribution in [-0.2, 0) is 37.2 Å². The number of rotatable bonds is 9. The number of halogens is 2. The molecule has 1 atom stereocenters. The van der Waals surface area contributed by atoms with Crippen molar-refractivity contribution < 1.29 is 23.5 Å². The zero-order valence-corrected chi connectivity index (χ0v) is 27.3. The lowest BCUT2D eigenvalue weighted by Gasteiger charge is -2.39. The van der Waals surface area contributed by atoms with Gasteiger partial charge in [-0.1, -0.05) is 6.08 Å². The Balaban J connectivity index is 1.24. The fraction of sp³-hybridized carbons (Fsp3) is 0.457. The second kappa shape index (κ2) is 13.8. The van der Waals surface area contributed by atoms with Crippen molar-refractivity contribution in [1.29, 1.82) is 0 Å². The normalized spacial score (nSPS) is 18.6. The van der Waals surface area contributed by atoms with Gasteiger partial charge in [-0.15, -0.1) is 0 Å². The summed E-state index contributed by atoms with van der Waals surface area (Å²) in [6.07, 6.45) is 7.61. The van der Waals surface area contributed by atoms with Crippen LogP contribution in [0.5, 0.6) is 0 Å². The molecule has 2 N–H and O–H groups in total. The van der Waals surface area contributed by atoms with Crippen molar-refractivity contribution in [3.63, 3.8) is 0 Å². The second-order valence-corrected chi connectivity index (χ2v) is 12.8. The van der Waals surface area contributed by atoms with Crippen LogP contribution in [0.2, 0.25) is 0 Å². The molecule has 3 aromatic rings. The third-order valence-electron chi connectivity index (χ3n) is 9.65. The van der Waals surface area contributed by atoms with Gasteiger partial charge in [0.15, 0.2) is 0 Å².